The van der Waals surface area contributed by atoms with Crippen LogP contribution in [0, 0.1) is 11.2 Å². The molecule has 2 aliphatic rings. The van der Waals surface area contributed by atoms with Gasteiger partial charge in [-0.05, 0) is 44.2 Å². The lowest BCUT2D eigenvalue weighted by atomic mass is 9.80. The Labute approximate surface area is 151 Å². The standard InChI is InChI=1S/C19H22FN3O3/c1-18(2)25-11-19(12-26-18)9-23(10-19)17(24)16-8-15(21-22(16)3)13-4-6-14(20)7-5-13/h4-8H,9-12H2,1-3H3. The molecule has 7 heteroatoms. The van der Waals surface area contributed by atoms with E-state index in [1.54, 1.807) is 34.8 Å². The smallest absolute Gasteiger partial charge is 0.272 e. The lowest BCUT2D eigenvalue weighted by molar-refractivity contribution is -0.301. The fraction of sp³-hybridized carbons (Fsp3) is 0.474. The van der Waals surface area contributed by atoms with Crippen molar-refractivity contribution in [2.75, 3.05) is 26.3 Å². The Morgan fingerprint density at radius 1 is 1.15 bits per heavy atom. The zero-order valence-electron chi connectivity index (χ0n) is 15.2. The highest BCUT2D eigenvalue weighted by Crippen LogP contribution is 2.38. The molecule has 3 heterocycles. The molecule has 0 bridgehead atoms. The molecule has 2 fully saturated rings. The number of ether oxygens (including phenoxy) is 2. The summed E-state index contributed by atoms with van der Waals surface area (Å²) >= 11 is 0. The van der Waals surface area contributed by atoms with Crippen LogP contribution in [0.3, 0.4) is 0 Å². The van der Waals surface area contributed by atoms with Crippen LogP contribution in [0.4, 0.5) is 4.39 Å². The van der Waals surface area contributed by atoms with Crippen molar-refractivity contribution in [2.45, 2.75) is 19.6 Å². The summed E-state index contributed by atoms with van der Waals surface area (Å²) in [5, 5.41) is 4.39. The van der Waals surface area contributed by atoms with Gasteiger partial charge >= 0.3 is 0 Å². The van der Waals surface area contributed by atoms with Crippen molar-refractivity contribution in [2.24, 2.45) is 12.5 Å². The van der Waals surface area contributed by atoms with E-state index < -0.39 is 5.79 Å². The first-order valence-corrected chi connectivity index (χ1v) is 8.64. The van der Waals surface area contributed by atoms with Gasteiger partial charge in [0.2, 0.25) is 0 Å². The highest BCUT2D eigenvalue weighted by atomic mass is 19.1. The van der Waals surface area contributed by atoms with Crippen LogP contribution in [-0.4, -0.2) is 52.7 Å². The minimum absolute atomic E-state index is 0.0659. The maximum Gasteiger partial charge on any atom is 0.272 e. The number of nitrogens with zero attached hydrogens (tertiary/aromatic N) is 3. The highest BCUT2D eigenvalue weighted by molar-refractivity contribution is 5.94. The molecular weight excluding hydrogens is 337 g/mol. The number of hydrogen-bond acceptors (Lipinski definition) is 4. The molecule has 1 aromatic carbocycles. The Morgan fingerprint density at radius 2 is 1.77 bits per heavy atom. The molecule has 138 valence electrons. The number of aryl methyl sites for hydroxylation is 1. The van der Waals surface area contributed by atoms with E-state index in [0.29, 0.717) is 37.7 Å². The first kappa shape index (κ1) is 17.2. The van der Waals surface area contributed by atoms with Gasteiger partial charge in [-0.15, -0.1) is 0 Å². The first-order chi connectivity index (χ1) is 12.3. The quantitative estimate of drug-likeness (QED) is 0.827. The Balaban J connectivity index is 1.46. The summed E-state index contributed by atoms with van der Waals surface area (Å²) in [6.45, 7) is 6.20. The summed E-state index contributed by atoms with van der Waals surface area (Å²) in [6, 6.07) is 7.83. The lowest BCUT2D eigenvalue weighted by Crippen LogP contribution is -2.66. The predicted molar refractivity (Wildman–Crippen MR) is 92.9 cm³/mol. The van der Waals surface area contributed by atoms with Gasteiger partial charge in [-0.25, -0.2) is 4.39 Å². The van der Waals surface area contributed by atoms with Gasteiger partial charge in [-0.2, -0.15) is 5.10 Å². The summed E-state index contributed by atoms with van der Waals surface area (Å²) in [4.78, 5) is 14.6. The number of benzene rings is 1. The van der Waals surface area contributed by atoms with Crippen LogP contribution in [0.1, 0.15) is 24.3 Å². The largest absolute Gasteiger partial charge is 0.350 e. The second kappa shape index (κ2) is 5.89. The summed E-state index contributed by atoms with van der Waals surface area (Å²) < 4.78 is 26.1. The van der Waals surface area contributed by atoms with E-state index in [2.05, 4.69) is 5.10 Å². The van der Waals surface area contributed by atoms with Crippen LogP contribution in [0.25, 0.3) is 11.3 Å². The molecule has 0 aliphatic carbocycles. The molecule has 1 amide bonds. The summed E-state index contributed by atoms with van der Waals surface area (Å²) in [6.07, 6.45) is 0. The van der Waals surface area contributed by atoms with Gasteiger partial charge in [-0.3, -0.25) is 9.48 Å². The molecule has 0 atom stereocenters. The number of rotatable bonds is 2. The molecule has 0 N–H and O–H groups in total. The van der Waals surface area contributed by atoms with Gasteiger partial charge < -0.3 is 14.4 Å². The topological polar surface area (TPSA) is 56.6 Å². The molecule has 1 spiro atoms. The number of aromatic nitrogens is 2. The van der Waals surface area contributed by atoms with E-state index in [1.807, 2.05) is 13.8 Å². The average molecular weight is 359 g/mol. The normalized spacial score (nSPS) is 20.8. The second-order valence-corrected chi connectivity index (χ2v) is 7.68. The van der Waals surface area contributed by atoms with Gasteiger partial charge in [0.25, 0.3) is 5.91 Å². The van der Waals surface area contributed by atoms with E-state index in [-0.39, 0.29) is 17.1 Å². The number of carbonyl (C=O) groups is 1. The number of halogens is 1. The molecule has 0 radical (unpaired) electrons. The van der Waals surface area contributed by atoms with Crippen molar-refractivity contribution in [3.05, 3.63) is 41.8 Å². The van der Waals surface area contributed by atoms with Gasteiger partial charge in [-0.1, -0.05) is 0 Å². The number of likely N-dealkylation sites (tertiary alicyclic amines) is 1. The van der Waals surface area contributed by atoms with Crippen LogP contribution >= 0.6 is 0 Å². The average Bonchev–Trinajstić information content (AvgIpc) is 2.95. The zero-order chi connectivity index (χ0) is 18.5. The van der Waals surface area contributed by atoms with Crippen molar-refractivity contribution >= 4 is 5.91 Å². The van der Waals surface area contributed by atoms with Gasteiger partial charge in [0.1, 0.15) is 11.5 Å². The fourth-order valence-electron chi connectivity index (χ4n) is 3.42. The van der Waals surface area contributed by atoms with Crippen molar-refractivity contribution < 1.29 is 18.7 Å². The molecule has 4 rings (SSSR count). The molecule has 2 aromatic rings. The third kappa shape index (κ3) is 3.01. The third-order valence-electron chi connectivity index (χ3n) is 5.03. The second-order valence-electron chi connectivity index (χ2n) is 7.68. The molecule has 2 aliphatic heterocycles. The molecule has 1 aromatic heterocycles. The Hall–Kier alpha value is -2.25. The molecule has 26 heavy (non-hydrogen) atoms. The third-order valence-corrected chi connectivity index (χ3v) is 5.03. The van der Waals surface area contributed by atoms with E-state index >= 15 is 0 Å². The minimum Gasteiger partial charge on any atom is -0.350 e. The summed E-state index contributed by atoms with van der Waals surface area (Å²) in [5.74, 6) is -0.919. The van der Waals surface area contributed by atoms with E-state index in [4.69, 9.17) is 9.47 Å². The van der Waals surface area contributed by atoms with Gasteiger partial charge in [0.15, 0.2) is 5.79 Å². The predicted octanol–water partition coefficient (Wildman–Crippen LogP) is 2.45. The monoisotopic (exact) mass is 359 g/mol. The van der Waals surface area contributed by atoms with Gasteiger partial charge in [0, 0.05) is 25.7 Å². The zero-order valence-corrected chi connectivity index (χ0v) is 15.2. The van der Waals surface area contributed by atoms with Crippen LogP contribution in [0.15, 0.2) is 30.3 Å². The Kier molecular flexibility index (Phi) is 3.89. The van der Waals surface area contributed by atoms with Crippen LogP contribution < -0.4 is 0 Å². The van der Waals surface area contributed by atoms with Crippen molar-refractivity contribution in [1.82, 2.24) is 14.7 Å². The number of carbonyl (C=O) groups excluding carboxylic acids is 1. The molecular formula is C19H22FN3O3. The molecule has 0 saturated carbocycles. The molecule has 0 unspecified atom stereocenters. The SMILES string of the molecule is Cn1nc(-c2ccc(F)cc2)cc1C(=O)N1CC2(COC(C)(C)OC2)C1. The van der Waals surface area contributed by atoms with Gasteiger partial charge in [0.05, 0.1) is 24.3 Å². The first-order valence-electron chi connectivity index (χ1n) is 8.64. The van der Waals surface area contributed by atoms with E-state index in [1.165, 1.54) is 12.1 Å². The molecule has 2 saturated heterocycles. The maximum atomic E-state index is 13.1. The van der Waals surface area contributed by atoms with Crippen LogP contribution in [0.2, 0.25) is 0 Å². The van der Waals surface area contributed by atoms with Crippen LogP contribution in [0.5, 0.6) is 0 Å². The number of amides is 1. The summed E-state index contributed by atoms with van der Waals surface area (Å²) in [7, 11) is 1.74. The van der Waals surface area contributed by atoms with E-state index in [0.717, 1.165) is 5.56 Å². The molecule has 6 nitrogen and oxygen atoms in total. The lowest BCUT2D eigenvalue weighted by Gasteiger charge is -2.53. The number of hydrogen-bond donors (Lipinski definition) is 0. The Morgan fingerprint density at radius 3 is 2.38 bits per heavy atom. The van der Waals surface area contributed by atoms with Crippen LogP contribution in [-0.2, 0) is 16.5 Å². The fourth-order valence-corrected chi connectivity index (χ4v) is 3.42. The Bertz CT molecular complexity index is 826. The van der Waals surface area contributed by atoms with E-state index in [9.17, 15) is 9.18 Å². The highest BCUT2D eigenvalue weighted by Gasteiger charge is 2.50. The summed E-state index contributed by atoms with van der Waals surface area (Å²) in [5.41, 5.74) is 1.83. The van der Waals surface area contributed by atoms with Crippen molar-refractivity contribution in [3.63, 3.8) is 0 Å². The minimum atomic E-state index is -0.554. The van der Waals surface area contributed by atoms with Crippen molar-refractivity contribution in [1.29, 1.82) is 0 Å². The van der Waals surface area contributed by atoms with Crippen molar-refractivity contribution in [3.8, 4) is 11.3 Å². The maximum absolute atomic E-state index is 13.1.